The number of para-hydroxylation sites is 1. The van der Waals surface area contributed by atoms with E-state index in [4.69, 9.17) is 11.6 Å². The Hall–Kier alpha value is -1.73. The minimum absolute atomic E-state index is 0. The van der Waals surface area contributed by atoms with Gasteiger partial charge in [0, 0.05) is 29.8 Å². The molecule has 3 N–H and O–H groups in total. The molecule has 6 heteroatoms. The molecule has 3 aromatic rings. The van der Waals surface area contributed by atoms with Crippen molar-refractivity contribution < 1.29 is 0 Å². The van der Waals surface area contributed by atoms with Crippen molar-refractivity contribution in [3.8, 4) is 0 Å². The highest BCUT2D eigenvalue weighted by Gasteiger charge is 2.02. The van der Waals surface area contributed by atoms with Gasteiger partial charge in [-0.05, 0) is 41.6 Å². The van der Waals surface area contributed by atoms with Crippen molar-refractivity contribution in [1.29, 1.82) is 0 Å². The van der Waals surface area contributed by atoms with Gasteiger partial charge < -0.3 is 15.6 Å². The Bertz CT molecular complexity index is 794. The number of benzene rings is 2. The van der Waals surface area contributed by atoms with Gasteiger partial charge in [0.25, 0.3) is 0 Å². The van der Waals surface area contributed by atoms with Crippen molar-refractivity contribution in [3.05, 3.63) is 70.9 Å². The van der Waals surface area contributed by atoms with E-state index in [0.717, 1.165) is 35.2 Å². The molecule has 0 bridgehead atoms. The van der Waals surface area contributed by atoms with Crippen LogP contribution in [0.25, 0.3) is 10.9 Å². The molecule has 0 fully saturated rings. The van der Waals surface area contributed by atoms with Crippen molar-refractivity contribution in [3.63, 3.8) is 0 Å². The molecule has 0 amide bonds. The van der Waals surface area contributed by atoms with E-state index in [0.29, 0.717) is 6.54 Å². The third-order valence-electron chi connectivity index (χ3n) is 3.88. The molecule has 132 valence electrons. The summed E-state index contributed by atoms with van der Waals surface area (Å²) in [4.78, 5) is 7.67. The lowest BCUT2D eigenvalue weighted by Gasteiger charge is -2.11. The fourth-order valence-corrected chi connectivity index (χ4v) is 2.73. The van der Waals surface area contributed by atoms with Gasteiger partial charge in [-0.2, -0.15) is 0 Å². The molecule has 1 aromatic heterocycles. The number of aromatic nitrogens is 1. The Morgan fingerprint density at radius 3 is 2.56 bits per heavy atom. The van der Waals surface area contributed by atoms with Crippen LogP contribution in [0.5, 0.6) is 0 Å². The molecule has 25 heavy (non-hydrogen) atoms. The van der Waals surface area contributed by atoms with Crippen LogP contribution in [0.3, 0.4) is 0 Å². The third kappa shape index (κ3) is 5.64. The molecule has 0 saturated heterocycles. The van der Waals surface area contributed by atoms with Crippen LogP contribution < -0.4 is 10.6 Å². The maximum atomic E-state index is 5.90. The Labute approximate surface area is 170 Å². The fraction of sp³-hybridized carbons (Fsp3) is 0.211. The van der Waals surface area contributed by atoms with Gasteiger partial charge in [-0.25, -0.2) is 0 Å². The topological polar surface area (TPSA) is 52.2 Å². The maximum absolute atomic E-state index is 5.90. The molecular formula is C19H22ClIN4. The van der Waals surface area contributed by atoms with Crippen molar-refractivity contribution in [2.24, 2.45) is 4.99 Å². The summed E-state index contributed by atoms with van der Waals surface area (Å²) in [6, 6.07) is 18.4. The van der Waals surface area contributed by atoms with E-state index in [-0.39, 0.29) is 24.0 Å². The number of guanidine groups is 1. The summed E-state index contributed by atoms with van der Waals surface area (Å²) in [6.45, 7) is 1.52. The van der Waals surface area contributed by atoms with Gasteiger partial charge in [-0.15, -0.1) is 24.0 Å². The first kappa shape index (κ1) is 19.6. The second-order valence-corrected chi connectivity index (χ2v) is 6.05. The number of rotatable bonds is 5. The zero-order valence-electron chi connectivity index (χ0n) is 14.1. The number of hydrogen-bond donors (Lipinski definition) is 3. The lowest BCUT2D eigenvalue weighted by Crippen LogP contribution is -2.37. The molecule has 4 nitrogen and oxygen atoms in total. The molecular weight excluding hydrogens is 447 g/mol. The summed E-state index contributed by atoms with van der Waals surface area (Å²) in [5.41, 5.74) is 3.54. The standard InChI is InChI=1S/C19H21ClN4.HI/c1-21-19(22-11-10-14-6-8-16(20)9-7-14)23-13-17-12-15-4-2-3-5-18(15)24-17;/h2-9,12,24H,10-11,13H2,1H3,(H2,21,22,23);1H. The van der Waals surface area contributed by atoms with Gasteiger partial charge in [0.2, 0.25) is 0 Å². The Morgan fingerprint density at radius 1 is 1.08 bits per heavy atom. The lowest BCUT2D eigenvalue weighted by atomic mass is 10.1. The lowest BCUT2D eigenvalue weighted by molar-refractivity contribution is 0.787. The maximum Gasteiger partial charge on any atom is 0.191 e. The van der Waals surface area contributed by atoms with Crippen LogP contribution >= 0.6 is 35.6 Å². The third-order valence-corrected chi connectivity index (χ3v) is 4.13. The number of H-pyrrole nitrogens is 1. The molecule has 0 saturated carbocycles. The van der Waals surface area contributed by atoms with Gasteiger partial charge in [-0.3, -0.25) is 4.99 Å². The Balaban J connectivity index is 0.00000225. The molecule has 0 unspecified atom stereocenters. The molecule has 0 atom stereocenters. The molecule has 0 aliphatic rings. The van der Waals surface area contributed by atoms with Crippen molar-refractivity contribution in [1.82, 2.24) is 15.6 Å². The highest BCUT2D eigenvalue weighted by Crippen LogP contribution is 2.14. The number of fused-ring (bicyclic) bond motifs is 1. The fourth-order valence-electron chi connectivity index (χ4n) is 2.60. The Morgan fingerprint density at radius 2 is 1.84 bits per heavy atom. The quantitative estimate of drug-likeness (QED) is 0.296. The van der Waals surface area contributed by atoms with Gasteiger partial charge in [0.15, 0.2) is 5.96 Å². The van der Waals surface area contributed by atoms with Crippen LogP contribution in [0.1, 0.15) is 11.3 Å². The van der Waals surface area contributed by atoms with Gasteiger partial charge in [0.05, 0.1) is 6.54 Å². The minimum atomic E-state index is 0. The van der Waals surface area contributed by atoms with E-state index < -0.39 is 0 Å². The molecule has 3 rings (SSSR count). The van der Waals surface area contributed by atoms with Crippen LogP contribution in [-0.4, -0.2) is 24.5 Å². The van der Waals surface area contributed by atoms with Crippen molar-refractivity contribution >= 4 is 52.4 Å². The van der Waals surface area contributed by atoms with Crippen LogP contribution in [-0.2, 0) is 13.0 Å². The van der Waals surface area contributed by atoms with Gasteiger partial charge in [-0.1, -0.05) is 41.9 Å². The molecule has 0 radical (unpaired) electrons. The van der Waals surface area contributed by atoms with Gasteiger partial charge >= 0.3 is 0 Å². The highest BCUT2D eigenvalue weighted by atomic mass is 127. The second kappa shape index (κ2) is 9.68. The molecule has 0 aliphatic heterocycles. The average molecular weight is 469 g/mol. The number of aliphatic imine (C=N–C) groups is 1. The minimum Gasteiger partial charge on any atom is -0.357 e. The first-order valence-corrected chi connectivity index (χ1v) is 8.38. The second-order valence-electron chi connectivity index (χ2n) is 5.61. The zero-order chi connectivity index (χ0) is 16.8. The average Bonchev–Trinajstić information content (AvgIpc) is 3.02. The van der Waals surface area contributed by atoms with Gasteiger partial charge in [0.1, 0.15) is 0 Å². The van der Waals surface area contributed by atoms with E-state index in [2.05, 4.69) is 38.8 Å². The number of aromatic amines is 1. The van der Waals surface area contributed by atoms with Crippen molar-refractivity contribution in [2.45, 2.75) is 13.0 Å². The van der Waals surface area contributed by atoms with Crippen LogP contribution in [0.15, 0.2) is 59.6 Å². The highest BCUT2D eigenvalue weighted by molar-refractivity contribution is 14.0. The molecule has 2 aromatic carbocycles. The van der Waals surface area contributed by atoms with Crippen LogP contribution in [0.2, 0.25) is 5.02 Å². The van der Waals surface area contributed by atoms with E-state index in [1.165, 1.54) is 10.9 Å². The summed E-state index contributed by atoms with van der Waals surface area (Å²) >= 11 is 5.90. The van der Waals surface area contributed by atoms with E-state index in [1.807, 2.05) is 36.4 Å². The zero-order valence-corrected chi connectivity index (χ0v) is 17.1. The first-order valence-electron chi connectivity index (χ1n) is 8.00. The predicted molar refractivity (Wildman–Crippen MR) is 117 cm³/mol. The monoisotopic (exact) mass is 468 g/mol. The molecule has 0 aliphatic carbocycles. The van der Waals surface area contributed by atoms with Crippen LogP contribution in [0.4, 0.5) is 0 Å². The smallest absolute Gasteiger partial charge is 0.191 e. The Kier molecular flexibility index (Phi) is 7.58. The molecule has 0 spiro atoms. The normalized spacial score (nSPS) is 11.2. The summed E-state index contributed by atoms with van der Waals surface area (Å²) in [5, 5.41) is 8.65. The van der Waals surface area contributed by atoms with E-state index in [9.17, 15) is 0 Å². The van der Waals surface area contributed by atoms with Crippen LogP contribution in [0, 0.1) is 0 Å². The number of nitrogens with zero attached hydrogens (tertiary/aromatic N) is 1. The summed E-state index contributed by atoms with van der Waals surface area (Å²) in [7, 11) is 1.78. The summed E-state index contributed by atoms with van der Waals surface area (Å²) in [5.74, 6) is 0.794. The molecule has 1 heterocycles. The van der Waals surface area contributed by atoms with E-state index in [1.54, 1.807) is 7.05 Å². The summed E-state index contributed by atoms with van der Waals surface area (Å²) < 4.78 is 0. The largest absolute Gasteiger partial charge is 0.357 e. The van der Waals surface area contributed by atoms with E-state index >= 15 is 0 Å². The first-order chi connectivity index (χ1) is 11.7. The summed E-state index contributed by atoms with van der Waals surface area (Å²) in [6.07, 6.45) is 0.921. The number of hydrogen-bond acceptors (Lipinski definition) is 1. The number of halogens is 2. The van der Waals surface area contributed by atoms with Crippen molar-refractivity contribution in [2.75, 3.05) is 13.6 Å². The SMILES string of the molecule is CN=C(NCCc1ccc(Cl)cc1)NCc1cc2ccccc2[nH]1.I. The predicted octanol–water partition coefficient (Wildman–Crippen LogP) is 4.35. The number of nitrogens with one attached hydrogen (secondary N) is 3.